The van der Waals surface area contributed by atoms with E-state index in [0.717, 1.165) is 0 Å². The maximum absolute atomic E-state index is 11.4. The lowest BCUT2D eigenvalue weighted by Crippen LogP contribution is -2.35. The molecular weight excluding hydrogens is 212 g/mol. The Kier molecular flexibility index (Phi) is 4.04. The van der Waals surface area contributed by atoms with Gasteiger partial charge < -0.3 is 14.2 Å². The Morgan fingerprint density at radius 3 is 2.62 bits per heavy atom. The Bertz CT molecular complexity index is 279. The summed E-state index contributed by atoms with van der Waals surface area (Å²) in [5.74, 6) is -1.63. The van der Waals surface area contributed by atoms with Crippen molar-refractivity contribution >= 4 is 11.8 Å². The molecule has 0 radical (unpaired) electrons. The molecule has 0 spiro atoms. The van der Waals surface area contributed by atoms with Crippen LogP contribution in [0, 0.1) is 5.92 Å². The van der Waals surface area contributed by atoms with Crippen molar-refractivity contribution in [1.82, 2.24) is 0 Å². The van der Waals surface area contributed by atoms with Gasteiger partial charge in [-0.2, -0.15) is 0 Å². The van der Waals surface area contributed by atoms with E-state index in [-0.39, 0.29) is 24.6 Å². The third-order valence-electron chi connectivity index (χ3n) is 2.29. The number of hydrogen-bond acceptors (Lipinski definition) is 5. The van der Waals surface area contributed by atoms with Crippen molar-refractivity contribution in [2.45, 2.75) is 32.5 Å². The normalized spacial score (nSPS) is 25.9. The van der Waals surface area contributed by atoms with Crippen molar-refractivity contribution in [3.05, 3.63) is 0 Å². The van der Waals surface area contributed by atoms with Gasteiger partial charge in [0.05, 0.1) is 19.3 Å². The van der Waals surface area contributed by atoms with Gasteiger partial charge in [-0.05, 0) is 20.8 Å². The van der Waals surface area contributed by atoms with Crippen LogP contribution in [0.5, 0.6) is 0 Å². The van der Waals surface area contributed by atoms with E-state index >= 15 is 0 Å². The predicted molar refractivity (Wildman–Crippen MR) is 56.0 cm³/mol. The zero-order chi connectivity index (χ0) is 12.3. The van der Waals surface area contributed by atoms with Crippen LogP contribution in [0.1, 0.15) is 20.8 Å². The van der Waals surface area contributed by atoms with Crippen LogP contribution >= 0.6 is 0 Å². The number of carbonyl (C=O) groups excluding carboxylic acids is 2. The summed E-state index contributed by atoms with van der Waals surface area (Å²) in [6.07, 6.45) is -0.529. The van der Waals surface area contributed by atoms with Gasteiger partial charge in [0, 0.05) is 0 Å². The second-order valence-electron chi connectivity index (χ2n) is 4.74. The standard InChI is InChI=1S/C11H18O5/c1-11(2,3)16-6-8-9(10(13)14-4)7(12)5-15-8/h8-9H,5-6H2,1-4H3. The molecule has 0 saturated carbocycles. The highest BCUT2D eigenvalue weighted by Crippen LogP contribution is 2.21. The minimum absolute atomic E-state index is 0.0437. The third kappa shape index (κ3) is 3.28. The smallest absolute Gasteiger partial charge is 0.319 e. The minimum atomic E-state index is -0.840. The maximum atomic E-state index is 11.4. The molecule has 2 unspecified atom stereocenters. The van der Waals surface area contributed by atoms with Crippen LogP contribution < -0.4 is 0 Å². The second kappa shape index (κ2) is 4.93. The fourth-order valence-electron chi connectivity index (χ4n) is 1.47. The Morgan fingerprint density at radius 1 is 1.50 bits per heavy atom. The summed E-state index contributed by atoms with van der Waals surface area (Å²) in [4.78, 5) is 22.8. The highest BCUT2D eigenvalue weighted by atomic mass is 16.6. The first kappa shape index (κ1) is 13.1. The first-order valence-electron chi connectivity index (χ1n) is 5.21. The molecule has 0 aromatic rings. The molecule has 0 amide bonds. The summed E-state index contributed by atoms with van der Waals surface area (Å²) in [7, 11) is 1.26. The number of Topliss-reactive ketones (excluding diaryl/α,β-unsaturated/α-hetero) is 1. The highest BCUT2D eigenvalue weighted by Gasteiger charge is 2.42. The maximum Gasteiger partial charge on any atom is 0.319 e. The molecule has 1 aliphatic heterocycles. The summed E-state index contributed by atoms with van der Waals surface area (Å²) >= 11 is 0. The number of rotatable bonds is 3. The average molecular weight is 230 g/mol. The number of hydrogen-bond donors (Lipinski definition) is 0. The van der Waals surface area contributed by atoms with Crippen LogP contribution in [-0.2, 0) is 23.8 Å². The van der Waals surface area contributed by atoms with Gasteiger partial charge in [-0.1, -0.05) is 0 Å². The molecule has 2 atom stereocenters. The molecule has 0 aliphatic carbocycles. The van der Waals surface area contributed by atoms with Crippen LogP contribution in [0.4, 0.5) is 0 Å². The van der Waals surface area contributed by atoms with Gasteiger partial charge in [-0.15, -0.1) is 0 Å². The topological polar surface area (TPSA) is 61.8 Å². The average Bonchev–Trinajstić information content (AvgIpc) is 2.54. The molecule has 0 N–H and O–H groups in total. The zero-order valence-corrected chi connectivity index (χ0v) is 10.1. The van der Waals surface area contributed by atoms with Crippen LogP contribution in [-0.4, -0.2) is 43.8 Å². The number of carbonyl (C=O) groups is 2. The quantitative estimate of drug-likeness (QED) is 0.523. The van der Waals surface area contributed by atoms with E-state index in [1.54, 1.807) is 0 Å². The Balaban J connectivity index is 2.59. The number of ketones is 1. The Labute approximate surface area is 95.0 Å². The Hall–Kier alpha value is -0.940. The lowest BCUT2D eigenvalue weighted by molar-refractivity contribution is -0.151. The lowest BCUT2D eigenvalue weighted by atomic mass is 10.0. The van der Waals surface area contributed by atoms with Crippen molar-refractivity contribution in [2.24, 2.45) is 5.92 Å². The van der Waals surface area contributed by atoms with Gasteiger partial charge in [-0.25, -0.2) is 0 Å². The molecule has 5 heteroatoms. The van der Waals surface area contributed by atoms with Crippen molar-refractivity contribution in [2.75, 3.05) is 20.3 Å². The molecule has 5 nitrogen and oxygen atoms in total. The van der Waals surface area contributed by atoms with Crippen molar-refractivity contribution in [3.8, 4) is 0 Å². The van der Waals surface area contributed by atoms with Crippen molar-refractivity contribution in [1.29, 1.82) is 0 Å². The fourth-order valence-corrected chi connectivity index (χ4v) is 1.47. The lowest BCUT2D eigenvalue weighted by Gasteiger charge is -2.23. The molecule has 92 valence electrons. The van der Waals surface area contributed by atoms with Crippen molar-refractivity contribution < 1.29 is 23.8 Å². The van der Waals surface area contributed by atoms with E-state index in [9.17, 15) is 9.59 Å². The summed E-state index contributed by atoms with van der Waals surface area (Å²) in [6.45, 7) is 5.87. The van der Waals surface area contributed by atoms with Crippen LogP contribution in [0.3, 0.4) is 0 Å². The summed E-state index contributed by atoms with van der Waals surface area (Å²) in [5.41, 5.74) is -0.324. The van der Waals surface area contributed by atoms with Gasteiger partial charge >= 0.3 is 5.97 Å². The molecule has 1 saturated heterocycles. The SMILES string of the molecule is COC(=O)C1C(=O)COC1COC(C)(C)C. The molecule has 16 heavy (non-hydrogen) atoms. The van der Waals surface area contributed by atoms with Crippen LogP contribution in [0.2, 0.25) is 0 Å². The van der Waals surface area contributed by atoms with Gasteiger partial charge in [0.2, 0.25) is 0 Å². The number of ether oxygens (including phenoxy) is 3. The van der Waals surface area contributed by atoms with Gasteiger partial charge in [0.15, 0.2) is 5.78 Å². The minimum Gasteiger partial charge on any atom is -0.468 e. The number of methoxy groups -OCH3 is 1. The fraction of sp³-hybridized carbons (Fsp3) is 0.818. The van der Waals surface area contributed by atoms with E-state index in [1.807, 2.05) is 20.8 Å². The summed E-state index contributed by atoms with van der Waals surface area (Å²) < 4.78 is 15.3. The first-order chi connectivity index (χ1) is 7.35. The van der Waals surface area contributed by atoms with E-state index in [2.05, 4.69) is 4.74 Å². The first-order valence-corrected chi connectivity index (χ1v) is 5.21. The van der Waals surface area contributed by atoms with Gasteiger partial charge in [0.1, 0.15) is 18.6 Å². The monoisotopic (exact) mass is 230 g/mol. The van der Waals surface area contributed by atoms with Crippen LogP contribution in [0.25, 0.3) is 0 Å². The number of esters is 1. The molecule has 0 aromatic heterocycles. The van der Waals surface area contributed by atoms with Crippen molar-refractivity contribution in [3.63, 3.8) is 0 Å². The predicted octanol–water partition coefficient (Wildman–Crippen LogP) is 0.559. The van der Waals surface area contributed by atoms with E-state index in [4.69, 9.17) is 9.47 Å². The molecule has 1 fully saturated rings. The zero-order valence-electron chi connectivity index (χ0n) is 10.1. The van der Waals surface area contributed by atoms with E-state index < -0.39 is 18.0 Å². The summed E-state index contributed by atoms with van der Waals surface area (Å²) in [5, 5.41) is 0. The van der Waals surface area contributed by atoms with E-state index in [0.29, 0.717) is 0 Å². The molecule has 1 aliphatic rings. The molecule has 1 heterocycles. The van der Waals surface area contributed by atoms with Gasteiger partial charge in [-0.3, -0.25) is 9.59 Å². The Morgan fingerprint density at radius 2 is 2.12 bits per heavy atom. The van der Waals surface area contributed by atoms with Crippen LogP contribution in [0.15, 0.2) is 0 Å². The molecular formula is C11H18O5. The van der Waals surface area contributed by atoms with Gasteiger partial charge in [0.25, 0.3) is 0 Å². The molecule has 0 aromatic carbocycles. The summed E-state index contributed by atoms with van der Waals surface area (Å²) in [6, 6.07) is 0. The highest BCUT2D eigenvalue weighted by molar-refractivity contribution is 6.01. The van der Waals surface area contributed by atoms with E-state index in [1.165, 1.54) is 7.11 Å². The third-order valence-corrected chi connectivity index (χ3v) is 2.29. The molecule has 1 rings (SSSR count). The second-order valence-corrected chi connectivity index (χ2v) is 4.74. The molecule has 0 bridgehead atoms. The largest absolute Gasteiger partial charge is 0.468 e.